The largest absolute Gasteiger partial charge is 0.493 e. The van der Waals surface area contributed by atoms with Gasteiger partial charge in [0.05, 0.1) is 41.8 Å². The number of hydrogen-bond donors (Lipinski definition) is 0. The van der Waals surface area contributed by atoms with Crippen LogP contribution in [0.2, 0.25) is 0 Å². The van der Waals surface area contributed by atoms with Crippen LogP contribution in [0, 0.1) is 0 Å². The number of fused-ring (bicyclic) bond motifs is 6. The molecule has 0 fully saturated rings. The second-order valence-corrected chi connectivity index (χ2v) is 26.1. The first-order valence-corrected chi connectivity index (χ1v) is 28.2. The van der Waals surface area contributed by atoms with E-state index in [0.717, 1.165) is 22.3 Å². The number of rotatable bonds is 10. The van der Waals surface area contributed by atoms with Crippen molar-refractivity contribution in [2.24, 2.45) is 0 Å². The van der Waals surface area contributed by atoms with Crippen LogP contribution in [0.25, 0.3) is 70.5 Å². The number of nitrogens with zero attached hydrogens (tertiary/aromatic N) is 2. The standard InChI is InChI=1S/C72H64N2O10/c1-69(2,3)37-15-23-41(24-16-37)80-53-31-45-57-46(66(75)74-50-36-52(79-14)51(78-13)35-49(50)73-65(45)74)32-54(81-42-25-17-38(18-26-42)70(4,5)6)60-62-56(83-44-29-21-40(22-30-44)72(10,11)12)34-48-58-47(67(76)84-68(48)77)33-55(61(64(58)62)59(53)63(57)60)82-43-27-19-39(20-28-43)71(7,8)9/h15-36H,1-14H3. The molecule has 84 heavy (non-hydrogen) atoms. The number of carbonyl (C=O) groups excluding carboxylic acids is 2. The lowest BCUT2D eigenvalue weighted by Crippen LogP contribution is -2.20. The highest BCUT2D eigenvalue weighted by molar-refractivity contribution is 6.44. The van der Waals surface area contributed by atoms with Gasteiger partial charge in [-0.15, -0.1) is 0 Å². The molecule has 422 valence electrons. The van der Waals surface area contributed by atoms with E-state index in [1.165, 1.54) is 0 Å². The van der Waals surface area contributed by atoms with Gasteiger partial charge in [-0.25, -0.2) is 14.6 Å². The number of carbonyl (C=O) groups is 2. The molecule has 0 bridgehead atoms. The van der Waals surface area contributed by atoms with Crippen molar-refractivity contribution in [1.82, 2.24) is 9.38 Å². The van der Waals surface area contributed by atoms with Crippen LogP contribution in [-0.2, 0) is 26.4 Å². The minimum Gasteiger partial charge on any atom is -0.493 e. The lowest BCUT2D eigenvalue weighted by molar-refractivity contribution is 0.0390. The van der Waals surface area contributed by atoms with Crippen molar-refractivity contribution in [3.8, 4) is 57.5 Å². The van der Waals surface area contributed by atoms with Crippen molar-refractivity contribution in [1.29, 1.82) is 0 Å². The molecule has 12 nitrogen and oxygen atoms in total. The van der Waals surface area contributed by atoms with Crippen molar-refractivity contribution in [3.05, 3.63) is 177 Å². The Labute approximate surface area is 486 Å². The highest BCUT2D eigenvalue weighted by Crippen LogP contribution is 2.58. The zero-order valence-electron chi connectivity index (χ0n) is 49.7. The first-order valence-electron chi connectivity index (χ1n) is 28.2. The van der Waals surface area contributed by atoms with Crippen LogP contribution in [0.15, 0.2) is 138 Å². The maximum Gasteiger partial charge on any atom is 0.346 e. The van der Waals surface area contributed by atoms with Gasteiger partial charge in [0.2, 0.25) is 0 Å². The molecule has 0 aliphatic carbocycles. The number of esters is 2. The summed E-state index contributed by atoms with van der Waals surface area (Å²) < 4.78 is 47.7. The Morgan fingerprint density at radius 2 is 0.702 bits per heavy atom. The Hall–Kier alpha value is -9.42. The summed E-state index contributed by atoms with van der Waals surface area (Å²) in [5.74, 6) is 2.27. The number of benzene rings is 10. The molecule has 13 rings (SSSR count). The van der Waals surface area contributed by atoms with Crippen molar-refractivity contribution in [2.45, 2.75) is 105 Å². The van der Waals surface area contributed by atoms with Crippen LogP contribution in [0.1, 0.15) is 126 Å². The SMILES string of the molecule is COc1cc2nc3c4cc(Oc5ccc(C(C)(C)C)cc5)c5c6c(Oc7ccc(C(C)(C)C)cc7)cc7c8c(cc(Oc9ccc(C(C)(C)C)cc9)c(c9c(Oc%10ccc(C(C)(C)C)cc%10)cc(c(=O)n3c2cc1OC)c4c95)c86)C(=O)OC7=O. The molecule has 10 aromatic carbocycles. The van der Waals surface area contributed by atoms with Gasteiger partial charge in [0.25, 0.3) is 5.56 Å². The first-order chi connectivity index (χ1) is 39.8. The van der Waals surface area contributed by atoms with Crippen molar-refractivity contribution in [2.75, 3.05) is 14.2 Å². The summed E-state index contributed by atoms with van der Waals surface area (Å²) in [6.07, 6.45) is 0. The molecule has 1 aliphatic rings. The minimum atomic E-state index is -0.844. The molecule has 0 N–H and O–H groups in total. The minimum absolute atomic E-state index is 0.108. The summed E-state index contributed by atoms with van der Waals surface area (Å²) in [4.78, 5) is 50.2. The molecule has 0 spiro atoms. The second-order valence-electron chi connectivity index (χ2n) is 26.1. The number of imidazole rings is 1. The molecule has 0 radical (unpaired) electrons. The lowest BCUT2D eigenvalue weighted by Gasteiger charge is -2.27. The van der Waals surface area contributed by atoms with E-state index in [4.69, 9.17) is 38.1 Å². The molecule has 12 heteroatoms. The Morgan fingerprint density at radius 1 is 0.369 bits per heavy atom. The predicted octanol–water partition coefficient (Wildman–Crippen LogP) is 18.2. The van der Waals surface area contributed by atoms with Gasteiger partial charge in [0.1, 0.15) is 51.6 Å². The fraction of sp³-hybridized carbons (Fsp3) is 0.250. The van der Waals surface area contributed by atoms with E-state index in [9.17, 15) is 9.59 Å². The van der Waals surface area contributed by atoms with Crippen molar-refractivity contribution in [3.63, 3.8) is 0 Å². The molecule has 2 aromatic heterocycles. The predicted molar refractivity (Wildman–Crippen MR) is 333 cm³/mol. The number of ether oxygens (including phenoxy) is 7. The van der Waals surface area contributed by atoms with E-state index in [2.05, 4.69) is 95.2 Å². The van der Waals surface area contributed by atoms with Crippen molar-refractivity contribution >= 4 is 82.5 Å². The second kappa shape index (κ2) is 18.8. The Balaban J connectivity index is 1.27. The summed E-state index contributed by atoms with van der Waals surface area (Å²) in [6, 6.07) is 42.1. The average molecular weight is 1120 g/mol. The summed E-state index contributed by atoms with van der Waals surface area (Å²) in [6.45, 7) is 25.8. The van der Waals surface area contributed by atoms with Crippen LogP contribution >= 0.6 is 0 Å². The highest BCUT2D eigenvalue weighted by atomic mass is 16.6. The van der Waals surface area contributed by atoms with Crippen LogP contribution in [-0.4, -0.2) is 35.5 Å². The first kappa shape index (κ1) is 53.9. The zero-order valence-corrected chi connectivity index (χ0v) is 49.7. The van der Waals surface area contributed by atoms with Gasteiger partial charge < -0.3 is 33.2 Å². The molecule has 0 unspecified atom stereocenters. The van der Waals surface area contributed by atoms with Gasteiger partial charge in [0, 0.05) is 60.6 Å². The number of aromatic nitrogens is 2. The molecular weight excluding hydrogens is 1050 g/mol. The van der Waals surface area contributed by atoms with Gasteiger partial charge >= 0.3 is 11.9 Å². The van der Waals surface area contributed by atoms with E-state index in [0.29, 0.717) is 111 Å². The summed E-state index contributed by atoms with van der Waals surface area (Å²) in [5.41, 5.74) is 4.90. The lowest BCUT2D eigenvalue weighted by atomic mass is 9.83. The number of cyclic esters (lactones) is 2. The molecular formula is C72H64N2O10. The average Bonchev–Trinajstić information content (AvgIpc) is 0.875. The normalized spacial score (nSPS) is 13.3. The number of pyridine rings is 1. The van der Waals surface area contributed by atoms with Crippen molar-refractivity contribution < 1.29 is 42.7 Å². The smallest absolute Gasteiger partial charge is 0.346 e. The highest BCUT2D eigenvalue weighted by Gasteiger charge is 2.37. The molecule has 0 amide bonds. The molecule has 0 saturated heterocycles. The Bertz CT molecular complexity index is 4630. The summed E-state index contributed by atoms with van der Waals surface area (Å²) in [5, 5.41) is 4.71. The van der Waals surface area contributed by atoms with Gasteiger partial charge in [-0.3, -0.25) is 9.20 Å². The van der Waals surface area contributed by atoms with E-state index in [1.807, 2.05) is 91.0 Å². The topological polar surface area (TPSA) is 133 Å². The van der Waals surface area contributed by atoms with E-state index >= 15 is 4.79 Å². The van der Waals surface area contributed by atoms with Gasteiger partial charge in [0.15, 0.2) is 11.5 Å². The third kappa shape index (κ3) is 8.71. The summed E-state index contributed by atoms with van der Waals surface area (Å²) >= 11 is 0. The maximum atomic E-state index is 16.0. The van der Waals surface area contributed by atoms with E-state index in [1.54, 1.807) is 49.0 Å². The maximum absolute atomic E-state index is 16.0. The third-order valence-corrected chi connectivity index (χ3v) is 16.4. The number of methoxy groups -OCH3 is 2. The molecule has 3 heterocycles. The molecule has 1 aliphatic heterocycles. The van der Waals surface area contributed by atoms with E-state index < -0.39 is 11.9 Å². The fourth-order valence-electron chi connectivity index (χ4n) is 11.9. The van der Waals surface area contributed by atoms with Crippen LogP contribution < -0.4 is 34.0 Å². The Morgan fingerprint density at radius 3 is 1.06 bits per heavy atom. The van der Waals surface area contributed by atoms with Crippen LogP contribution in [0.3, 0.4) is 0 Å². The molecule has 0 atom stereocenters. The van der Waals surface area contributed by atoms with Crippen LogP contribution in [0.4, 0.5) is 0 Å². The van der Waals surface area contributed by atoms with Crippen LogP contribution in [0.5, 0.6) is 57.5 Å². The Kier molecular flexibility index (Phi) is 12.1. The van der Waals surface area contributed by atoms with Gasteiger partial charge in [-0.05, 0) is 117 Å². The monoisotopic (exact) mass is 1120 g/mol. The zero-order chi connectivity index (χ0) is 59.3. The fourth-order valence-corrected chi connectivity index (χ4v) is 11.9. The summed E-state index contributed by atoms with van der Waals surface area (Å²) in [7, 11) is 3.11. The molecule has 0 saturated carbocycles. The molecule has 12 aromatic rings. The third-order valence-electron chi connectivity index (χ3n) is 16.4. The van der Waals surface area contributed by atoms with Gasteiger partial charge in [-0.2, -0.15) is 0 Å². The quantitative estimate of drug-likeness (QED) is 0.0561. The van der Waals surface area contributed by atoms with Gasteiger partial charge in [-0.1, -0.05) is 132 Å². The van der Waals surface area contributed by atoms with E-state index in [-0.39, 0.29) is 55.6 Å². The number of hydrogen-bond acceptors (Lipinski definition) is 11.